The third kappa shape index (κ3) is 4.18. The average Bonchev–Trinajstić information content (AvgIpc) is 2.37. The Hall–Kier alpha value is -1.60. The van der Waals surface area contributed by atoms with E-state index in [1.165, 1.54) is 18.2 Å². The average molecular weight is 312 g/mol. The molecule has 0 saturated carbocycles. The molecule has 6 nitrogen and oxygen atoms in total. The van der Waals surface area contributed by atoms with Gasteiger partial charge in [0.05, 0.1) is 11.0 Å². The Morgan fingerprint density at radius 3 is 2.71 bits per heavy atom. The molecule has 0 bridgehead atoms. The van der Waals surface area contributed by atoms with Crippen molar-refractivity contribution in [2.75, 3.05) is 18.6 Å². The molecule has 1 aromatic rings. The standard InChI is InChI=1S/C14H20N2O4S/c1-9-5-12(3-4-20-9)16-14(17)10-6-11(15)8-13(7-10)21(2,18)19/h6-9,12H,3-5,15H2,1-2H3,(H,16,17). The van der Waals surface area contributed by atoms with E-state index in [9.17, 15) is 13.2 Å². The quantitative estimate of drug-likeness (QED) is 0.810. The number of ether oxygens (including phenoxy) is 1. The Bertz CT molecular complexity index is 642. The minimum absolute atomic E-state index is 0.0318. The van der Waals surface area contributed by atoms with Crippen LogP contribution in [0.25, 0.3) is 0 Å². The largest absolute Gasteiger partial charge is 0.399 e. The molecule has 2 rings (SSSR count). The minimum Gasteiger partial charge on any atom is -0.399 e. The van der Waals surface area contributed by atoms with E-state index in [0.717, 1.165) is 19.1 Å². The molecule has 1 heterocycles. The van der Waals surface area contributed by atoms with E-state index >= 15 is 0 Å². The van der Waals surface area contributed by atoms with Crippen LogP contribution in [-0.4, -0.2) is 39.3 Å². The fraction of sp³-hybridized carbons (Fsp3) is 0.500. The minimum atomic E-state index is -3.40. The number of benzene rings is 1. The van der Waals surface area contributed by atoms with Gasteiger partial charge in [-0.3, -0.25) is 4.79 Å². The topological polar surface area (TPSA) is 98.5 Å². The van der Waals surface area contributed by atoms with Gasteiger partial charge in [-0.05, 0) is 38.0 Å². The molecule has 0 aliphatic carbocycles. The molecule has 2 unspecified atom stereocenters. The maximum atomic E-state index is 12.2. The van der Waals surface area contributed by atoms with Crippen LogP contribution >= 0.6 is 0 Å². The Labute approximate surface area is 124 Å². The molecule has 2 atom stereocenters. The highest BCUT2D eigenvalue weighted by molar-refractivity contribution is 7.90. The fourth-order valence-corrected chi connectivity index (χ4v) is 3.06. The second-order valence-corrected chi connectivity index (χ2v) is 7.45. The van der Waals surface area contributed by atoms with Gasteiger partial charge >= 0.3 is 0 Å². The number of hydrogen-bond acceptors (Lipinski definition) is 5. The Morgan fingerprint density at radius 2 is 2.10 bits per heavy atom. The number of nitrogens with two attached hydrogens (primary N) is 1. The lowest BCUT2D eigenvalue weighted by molar-refractivity contribution is 0.0136. The van der Waals surface area contributed by atoms with Crippen LogP contribution in [-0.2, 0) is 14.6 Å². The lowest BCUT2D eigenvalue weighted by Gasteiger charge is -2.28. The first-order valence-electron chi connectivity index (χ1n) is 6.79. The Morgan fingerprint density at radius 1 is 1.38 bits per heavy atom. The monoisotopic (exact) mass is 312 g/mol. The van der Waals surface area contributed by atoms with Gasteiger partial charge in [-0.25, -0.2) is 8.42 Å². The molecule has 0 aromatic heterocycles. The molecule has 21 heavy (non-hydrogen) atoms. The van der Waals surface area contributed by atoms with Gasteiger partial charge in [-0.15, -0.1) is 0 Å². The van der Waals surface area contributed by atoms with Gasteiger partial charge in [0.25, 0.3) is 5.91 Å². The van der Waals surface area contributed by atoms with Crippen molar-refractivity contribution in [2.45, 2.75) is 36.8 Å². The number of rotatable bonds is 3. The third-order valence-electron chi connectivity index (χ3n) is 3.44. The van der Waals surface area contributed by atoms with Gasteiger partial charge in [-0.2, -0.15) is 0 Å². The number of amides is 1. The number of nitrogen functional groups attached to an aromatic ring is 1. The lowest BCUT2D eigenvalue weighted by Crippen LogP contribution is -2.41. The van der Waals surface area contributed by atoms with Gasteiger partial charge in [0.1, 0.15) is 0 Å². The fourth-order valence-electron chi connectivity index (χ4n) is 2.37. The molecule has 1 aliphatic rings. The highest BCUT2D eigenvalue weighted by Gasteiger charge is 2.22. The summed E-state index contributed by atoms with van der Waals surface area (Å²) in [5.41, 5.74) is 6.20. The van der Waals surface area contributed by atoms with Crippen molar-refractivity contribution >= 4 is 21.4 Å². The normalized spacial score (nSPS) is 22.8. The summed E-state index contributed by atoms with van der Waals surface area (Å²) in [6.07, 6.45) is 2.69. The predicted octanol–water partition coefficient (Wildman–Crippen LogP) is 0.970. The number of anilines is 1. The van der Waals surface area contributed by atoms with Crippen molar-refractivity contribution in [3.63, 3.8) is 0 Å². The van der Waals surface area contributed by atoms with Crippen LogP contribution < -0.4 is 11.1 Å². The molecule has 1 saturated heterocycles. The molecule has 1 amide bonds. The Balaban J connectivity index is 2.17. The van der Waals surface area contributed by atoms with Crippen LogP contribution in [0.5, 0.6) is 0 Å². The second kappa shape index (κ2) is 6.03. The highest BCUT2D eigenvalue weighted by Crippen LogP contribution is 2.18. The number of nitrogens with one attached hydrogen (secondary N) is 1. The lowest BCUT2D eigenvalue weighted by atomic mass is 10.0. The summed E-state index contributed by atoms with van der Waals surface area (Å²) in [7, 11) is -3.40. The maximum Gasteiger partial charge on any atom is 0.251 e. The Kier molecular flexibility index (Phi) is 4.53. The van der Waals surface area contributed by atoms with Crippen molar-refractivity contribution < 1.29 is 17.9 Å². The molecule has 7 heteroatoms. The molecular weight excluding hydrogens is 292 g/mol. The molecule has 1 aliphatic heterocycles. The summed E-state index contributed by atoms with van der Waals surface area (Å²) in [6, 6.07) is 4.21. The predicted molar refractivity (Wildman–Crippen MR) is 79.9 cm³/mol. The third-order valence-corrected chi connectivity index (χ3v) is 4.53. The van der Waals surface area contributed by atoms with Crippen molar-refractivity contribution in [2.24, 2.45) is 0 Å². The summed E-state index contributed by atoms with van der Waals surface area (Å²) in [4.78, 5) is 12.3. The second-order valence-electron chi connectivity index (χ2n) is 5.44. The summed E-state index contributed by atoms with van der Waals surface area (Å²) >= 11 is 0. The van der Waals surface area contributed by atoms with Gasteiger partial charge < -0.3 is 15.8 Å². The maximum absolute atomic E-state index is 12.2. The van der Waals surface area contributed by atoms with Gasteiger partial charge in [0.15, 0.2) is 9.84 Å². The van der Waals surface area contributed by atoms with Crippen LogP contribution in [0.3, 0.4) is 0 Å². The van der Waals surface area contributed by atoms with E-state index in [4.69, 9.17) is 10.5 Å². The van der Waals surface area contributed by atoms with Crippen LogP contribution in [0.15, 0.2) is 23.1 Å². The molecule has 1 aromatic carbocycles. The summed E-state index contributed by atoms with van der Waals surface area (Å²) in [5.74, 6) is -0.314. The zero-order valence-electron chi connectivity index (χ0n) is 12.1. The molecule has 1 fully saturated rings. The van der Waals surface area contributed by atoms with E-state index in [1.54, 1.807) is 0 Å². The van der Waals surface area contributed by atoms with Crippen LogP contribution in [0.1, 0.15) is 30.1 Å². The van der Waals surface area contributed by atoms with Crippen molar-refractivity contribution in [3.8, 4) is 0 Å². The van der Waals surface area contributed by atoms with Crippen molar-refractivity contribution in [1.29, 1.82) is 0 Å². The highest BCUT2D eigenvalue weighted by atomic mass is 32.2. The smallest absolute Gasteiger partial charge is 0.251 e. The van der Waals surface area contributed by atoms with Crippen LogP contribution in [0.4, 0.5) is 5.69 Å². The van der Waals surface area contributed by atoms with Gasteiger partial charge in [-0.1, -0.05) is 0 Å². The molecule has 3 N–H and O–H groups in total. The molecule has 0 spiro atoms. The number of carbonyl (C=O) groups excluding carboxylic acids is 1. The summed E-state index contributed by atoms with van der Waals surface area (Å²) in [6.45, 7) is 2.57. The van der Waals surface area contributed by atoms with Crippen LogP contribution in [0.2, 0.25) is 0 Å². The molecule has 116 valence electrons. The van der Waals surface area contributed by atoms with Gasteiger partial charge in [0, 0.05) is 30.2 Å². The van der Waals surface area contributed by atoms with E-state index in [-0.39, 0.29) is 34.2 Å². The number of hydrogen-bond donors (Lipinski definition) is 2. The van der Waals surface area contributed by atoms with Crippen LogP contribution in [0, 0.1) is 0 Å². The zero-order valence-corrected chi connectivity index (χ0v) is 12.9. The summed E-state index contributed by atoms with van der Waals surface area (Å²) < 4.78 is 28.6. The number of sulfone groups is 1. The van der Waals surface area contributed by atoms with E-state index < -0.39 is 9.84 Å². The van der Waals surface area contributed by atoms with Crippen molar-refractivity contribution in [3.05, 3.63) is 23.8 Å². The van der Waals surface area contributed by atoms with E-state index in [0.29, 0.717) is 6.61 Å². The van der Waals surface area contributed by atoms with E-state index in [1.807, 2.05) is 6.92 Å². The first-order chi connectivity index (χ1) is 9.75. The van der Waals surface area contributed by atoms with Crippen molar-refractivity contribution in [1.82, 2.24) is 5.32 Å². The zero-order chi connectivity index (χ0) is 15.6. The number of carbonyl (C=O) groups is 1. The van der Waals surface area contributed by atoms with E-state index in [2.05, 4.69) is 5.32 Å². The first-order valence-corrected chi connectivity index (χ1v) is 8.68. The molecular formula is C14H20N2O4S. The summed E-state index contributed by atoms with van der Waals surface area (Å²) in [5, 5.41) is 2.90. The van der Waals surface area contributed by atoms with Gasteiger partial charge in [0.2, 0.25) is 0 Å². The molecule has 0 radical (unpaired) electrons. The first kappa shape index (κ1) is 15.8. The SMILES string of the molecule is CC1CC(NC(=O)c2cc(N)cc(S(C)(=O)=O)c2)CCO1.